The number of ether oxygens (including phenoxy) is 1. The number of pyridine rings is 1. The van der Waals surface area contributed by atoms with Crippen molar-refractivity contribution in [2.24, 2.45) is 5.92 Å². The summed E-state index contributed by atoms with van der Waals surface area (Å²) in [4.78, 5) is 30.4. The Kier molecular flexibility index (Phi) is 5.90. The van der Waals surface area contributed by atoms with Crippen LogP contribution in [-0.2, 0) is 17.9 Å². The first kappa shape index (κ1) is 21.5. The fourth-order valence-corrected chi connectivity index (χ4v) is 2.88. The summed E-state index contributed by atoms with van der Waals surface area (Å²) in [5.41, 5.74) is 1.80. The van der Waals surface area contributed by atoms with Gasteiger partial charge in [-0.05, 0) is 19.1 Å². The standard InChI is InChI=1S/C19H20F3N5O3/c1-10(2)16(28)24-15-14-8-27(18(29)13(14)4-5-23-15)7-12-6-11(3)17(26-25-12)30-9-19(20,21)22/h4-6,10H,7-9H2,1-3H3,(H,23,24,28). The van der Waals surface area contributed by atoms with Gasteiger partial charge in [-0.25, -0.2) is 4.98 Å². The van der Waals surface area contributed by atoms with E-state index in [9.17, 15) is 22.8 Å². The summed E-state index contributed by atoms with van der Waals surface area (Å²) >= 11 is 0. The highest BCUT2D eigenvalue weighted by molar-refractivity contribution is 6.01. The van der Waals surface area contributed by atoms with Crippen LogP contribution in [0.1, 0.15) is 41.0 Å². The number of rotatable bonds is 6. The van der Waals surface area contributed by atoms with Gasteiger partial charge in [0.15, 0.2) is 6.61 Å². The molecular formula is C19H20F3N5O3. The molecule has 0 saturated heterocycles. The Bertz CT molecular complexity index is 978. The van der Waals surface area contributed by atoms with Gasteiger partial charge in [-0.2, -0.15) is 13.2 Å². The number of nitrogens with zero attached hydrogens (tertiary/aromatic N) is 4. The summed E-state index contributed by atoms with van der Waals surface area (Å²) in [6.45, 7) is 3.90. The molecule has 160 valence electrons. The van der Waals surface area contributed by atoms with Gasteiger partial charge in [-0.3, -0.25) is 9.59 Å². The highest BCUT2D eigenvalue weighted by Crippen LogP contribution is 2.29. The van der Waals surface area contributed by atoms with Crippen molar-refractivity contribution >= 4 is 17.6 Å². The van der Waals surface area contributed by atoms with Crippen LogP contribution < -0.4 is 10.1 Å². The first-order valence-corrected chi connectivity index (χ1v) is 9.16. The lowest BCUT2D eigenvalue weighted by Crippen LogP contribution is -2.24. The van der Waals surface area contributed by atoms with Gasteiger partial charge in [0, 0.05) is 28.8 Å². The van der Waals surface area contributed by atoms with Crippen molar-refractivity contribution in [1.82, 2.24) is 20.1 Å². The number of hydrogen-bond acceptors (Lipinski definition) is 6. The van der Waals surface area contributed by atoms with E-state index in [0.717, 1.165) is 0 Å². The molecular weight excluding hydrogens is 403 g/mol. The minimum Gasteiger partial charge on any atom is -0.467 e. The van der Waals surface area contributed by atoms with Gasteiger partial charge in [0.1, 0.15) is 5.82 Å². The van der Waals surface area contributed by atoms with Gasteiger partial charge in [0.25, 0.3) is 5.91 Å². The van der Waals surface area contributed by atoms with E-state index in [1.165, 1.54) is 17.2 Å². The predicted molar refractivity (Wildman–Crippen MR) is 99.6 cm³/mol. The molecule has 1 aliphatic heterocycles. The largest absolute Gasteiger partial charge is 0.467 e. The average molecular weight is 423 g/mol. The van der Waals surface area contributed by atoms with Crippen molar-refractivity contribution in [3.05, 3.63) is 40.7 Å². The third-order valence-electron chi connectivity index (χ3n) is 4.40. The van der Waals surface area contributed by atoms with E-state index in [-0.39, 0.29) is 36.7 Å². The maximum Gasteiger partial charge on any atom is 0.422 e. The Balaban J connectivity index is 1.73. The number of amides is 2. The number of aryl methyl sites for hydroxylation is 1. The van der Waals surface area contributed by atoms with Crippen LogP contribution in [0.2, 0.25) is 0 Å². The summed E-state index contributed by atoms with van der Waals surface area (Å²) in [5.74, 6) is -0.593. The van der Waals surface area contributed by atoms with Crippen LogP contribution in [0, 0.1) is 12.8 Å². The Morgan fingerprint density at radius 1 is 1.33 bits per heavy atom. The van der Waals surface area contributed by atoms with Crippen LogP contribution in [0.4, 0.5) is 19.0 Å². The number of fused-ring (bicyclic) bond motifs is 1. The normalized spacial score (nSPS) is 13.6. The van der Waals surface area contributed by atoms with Gasteiger partial charge in [0.2, 0.25) is 11.8 Å². The zero-order valence-corrected chi connectivity index (χ0v) is 16.6. The lowest BCUT2D eigenvalue weighted by Gasteiger charge is -2.16. The van der Waals surface area contributed by atoms with Gasteiger partial charge in [-0.15, -0.1) is 10.2 Å². The van der Waals surface area contributed by atoms with Crippen LogP contribution in [-0.4, -0.2) is 44.7 Å². The molecule has 0 saturated carbocycles. The Hall–Kier alpha value is -3.24. The van der Waals surface area contributed by atoms with E-state index in [4.69, 9.17) is 0 Å². The van der Waals surface area contributed by atoms with E-state index in [1.54, 1.807) is 26.8 Å². The lowest BCUT2D eigenvalue weighted by molar-refractivity contribution is -0.154. The smallest absolute Gasteiger partial charge is 0.422 e. The number of hydrogen-bond donors (Lipinski definition) is 1. The van der Waals surface area contributed by atoms with Gasteiger partial charge in [0.05, 0.1) is 18.8 Å². The van der Waals surface area contributed by atoms with Crippen molar-refractivity contribution < 1.29 is 27.5 Å². The van der Waals surface area contributed by atoms with Gasteiger partial charge < -0.3 is 15.0 Å². The Labute approximate surface area is 170 Å². The van der Waals surface area contributed by atoms with Crippen LogP contribution in [0.5, 0.6) is 5.88 Å². The predicted octanol–water partition coefficient (Wildman–Crippen LogP) is 2.87. The molecule has 3 heterocycles. The number of nitrogens with one attached hydrogen (secondary N) is 1. The first-order valence-electron chi connectivity index (χ1n) is 9.16. The van der Waals surface area contributed by atoms with E-state index in [1.807, 2.05) is 0 Å². The molecule has 8 nitrogen and oxygen atoms in total. The third-order valence-corrected chi connectivity index (χ3v) is 4.40. The third kappa shape index (κ3) is 4.84. The van der Waals surface area contributed by atoms with Gasteiger partial charge in [-0.1, -0.05) is 13.8 Å². The molecule has 0 unspecified atom stereocenters. The second-order valence-electron chi connectivity index (χ2n) is 7.22. The van der Waals surface area contributed by atoms with Crippen molar-refractivity contribution in [3.63, 3.8) is 0 Å². The monoisotopic (exact) mass is 423 g/mol. The first-order chi connectivity index (χ1) is 14.0. The second kappa shape index (κ2) is 8.25. The van der Waals surface area contributed by atoms with Crippen molar-refractivity contribution in [2.45, 2.75) is 40.0 Å². The van der Waals surface area contributed by atoms with Crippen molar-refractivity contribution in [1.29, 1.82) is 0 Å². The molecule has 0 atom stereocenters. The van der Waals surface area contributed by atoms with E-state index < -0.39 is 12.8 Å². The average Bonchev–Trinajstić information content (AvgIpc) is 2.97. The SMILES string of the molecule is Cc1cc(CN2Cc3c(ccnc3NC(=O)C(C)C)C2=O)nnc1OCC(F)(F)F. The molecule has 0 spiro atoms. The van der Waals surface area contributed by atoms with E-state index >= 15 is 0 Å². The number of aromatic nitrogens is 3. The fourth-order valence-electron chi connectivity index (χ4n) is 2.88. The maximum atomic E-state index is 12.7. The van der Waals surface area contributed by atoms with Crippen molar-refractivity contribution in [2.75, 3.05) is 11.9 Å². The zero-order chi connectivity index (χ0) is 22.1. The number of anilines is 1. The van der Waals surface area contributed by atoms with Crippen LogP contribution >= 0.6 is 0 Å². The quantitative estimate of drug-likeness (QED) is 0.768. The maximum absolute atomic E-state index is 12.7. The van der Waals surface area contributed by atoms with E-state index in [2.05, 4.69) is 25.2 Å². The molecule has 0 aliphatic carbocycles. The molecule has 0 radical (unpaired) electrons. The number of carbonyl (C=O) groups is 2. The lowest BCUT2D eigenvalue weighted by atomic mass is 10.1. The van der Waals surface area contributed by atoms with Crippen molar-refractivity contribution in [3.8, 4) is 5.88 Å². The minimum atomic E-state index is -4.47. The number of alkyl halides is 3. The summed E-state index contributed by atoms with van der Waals surface area (Å²) in [6, 6.07) is 3.10. The molecule has 2 amide bonds. The fraction of sp³-hybridized carbons (Fsp3) is 0.421. The summed E-state index contributed by atoms with van der Waals surface area (Å²) in [5, 5.41) is 10.3. The van der Waals surface area contributed by atoms with Crippen LogP contribution in [0.3, 0.4) is 0 Å². The van der Waals surface area contributed by atoms with Crippen LogP contribution in [0.15, 0.2) is 18.3 Å². The van der Waals surface area contributed by atoms with Crippen LogP contribution in [0.25, 0.3) is 0 Å². The molecule has 30 heavy (non-hydrogen) atoms. The Morgan fingerprint density at radius 2 is 2.07 bits per heavy atom. The molecule has 11 heteroatoms. The summed E-state index contributed by atoms with van der Waals surface area (Å²) in [7, 11) is 0. The number of carbonyl (C=O) groups excluding carboxylic acids is 2. The molecule has 2 aromatic rings. The molecule has 2 aromatic heterocycles. The highest BCUT2D eigenvalue weighted by Gasteiger charge is 2.32. The topological polar surface area (TPSA) is 97.3 Å². The Morgan fingerprint density at radius 3 is 2.70 bits per heavy atom. The summed E-state index contributed by atoms with van der Waals surface area (Å²) in [6.07, 6.45) is -3.02. The molecule has 1 N–H and O–H groups in total. The molecule has 0 bridgehead atoms. The number of halogens is 3. The highest BCUT2D eigenvalue weighted by atomic mass is 19.4. The van der Waals surface area contributed by atoms with E-state index in [0.29, 0.717) is 28.2 Å². The summed E-state index contributed by atoms with van der Waals surface area (Å²) < 4.78 is 41.6. The second-order valence-corrected chi connectivity index (χ2v) is 7.22. The molecule has 0 fully saturated rings. The minimum absolute atomic E-state index is 0.0957. The zero-order valence-electron chi connectivity index (χ0n) is 16.6. The van der Waals surface area contributed by atoms with Gasteiger partial charge >= 0.3 is 6.18 Å². The molecule has 1 aliphatic rings. The molecule has 0 aromatic carbocycles. The molecule has 3 rings (SSSR count).